The van der Waals surface area contributed by atoms with Crippen molar-refractivity contribution >= 4 is 23.5 Å². The first-order chi connectivity index (χ1) is 13.5. The lowest BCUT2D eigenvalue weighted by Crippen LogP contribution is -2.31. The molecule has 0 saturated heterocycles. The number of carboxylic acids is 1. The van der Waals surface area contributed by atoms with Crippen molar-refractivity contribution in [2.24, 2.45) is 5.92 Å². The van der Waals surface area contributed by atoms with Crippen molar-refractivity contribution in [1.82, 2.24) is 4.90 Å². The van der Waals surface area contributed by atoms with E-state index in [-0.39, 0.29) is 24.2 Å². The number of carbonyl (C=O) groups excluding carboxylic acids is 2. The van der Waals surface area contributed by atoms with E-state index in [1.807, 2.05) is 30.3 Å². The molecule has 0 spiro atoms. The number of anilines is 1. The van der Waals surface area contributed by atoms with Gasteiger partial charge in [0.25, 0.3) is 5.91 Å². The average molecular weight is 380 g/mol. The topological polar surface area (TPSA) is 86.7 Å². The number of amides is 2. The molecule has 0 unspecified atom stereocenters. The van der Waals surface area contributed by atoms with E-state index in [0.717, 1.165) is 18.4 Å². The second-order valence-corrected chi connectivity index (χ2v) is 7.05. The summed E-state index contributed by atoms with van der Waals surface area (Å²) in [4.78, 5) is 37.3. The molecule has 6 heteroatoms. The maximum absolute atomic E-state index is 13.0. The SMILES string of the molecule is O=C(O)CCCN(Cc1ccccc1)C(=O)c1ccc(NC(=O)C2CC2)cc1. The fourth-order valence-corrected chi connectivity index (χ4v) is 2.95. The Labute approximate surface area is 164 Å². The van der Waals surface area contributed by atoms with Crippen LogP contribution in [-0.4, -0.2) is 34.3 Å². The number of carboxylic acid groups (broad SMARTS) is 1. The molecule has 2 amide bonds. The monoisotopic (exact) mass is 380 g/mol. The van der Waals surface area contributed by atoms with Gasteiger partial charge in [-0.3, -0.25) is 14.4 Å². The van der Waals surface area contributed by atoms with E-state index in [1.165, 1.54) is 0 Å². The molecule has 0 aliphatic heterocycles. The number of benzene rings is 2. The second-order valence-electron chi connectivity index (χ2n) is 7.05. The van der Waals surface area contributed by atoms with Gasteiger partial charge in [-0.25, -0.2) is 0 Å². The Morgan fingerprint density at radius 2 is 1.68 bits per heavy atom. The van der Waals surface area contributed by atoms with Crippen LogP contribution in [-0.2, 0) is 16.1 Å². The molecule has 0 radical (unpaired) electrons. The first-order valence-electron chi connectivity index (χ1n) is 9.49. The van der Waals surface area contributed by atoms with Gasteiger partial charge in [0.2, 0.25) is 5.91 Å². The van der Waals surface area contributed by atoms with E-state index in [9.17, 15) is 14.4 Å². The maximum atomic E-state index is 13.0. The highest BCUT2D eigenvalue weighted by atomic mass is 16.4. The summed E-state index contributed by atoms with van der Waals surface area (Å²) < 4.78 is 0. The second kappa shape index (κ2) is 9.17. The van der Waals surface area contributed by atoms with Gasteiger partial charge in [0.1, 0.15) is 0 Å². The van der Waals surface area contributed by atoms with Gasteiger partial charge < -0.3 is 15.3 Å². The molecular formula is C22H24N2O4. The van der Waals surface area contributed by atoms with Crippen LogP contribution >= 0.6 is 0 Å². The molecule has 1 aliphatic rings. The molecule has 3 rings (SSSR count). The lowest BCUT2D eigenvalue weighted by molar-refractivity contribution is -0.137. The van der Waals surface area contributed by atoms with Crippen molar-refractivity contribution in [3.8, 4) is 0 Å². The summed E-state index contributed by atoms with van der Waals surface area (Å²) in [6, 6.07) is 16.5. The third kappa shape index (κ3) is 5.67. The first kappa shape index (κ1) is 19.6. The van der Waals surface area contributed by atoms with Gasteiger partial charge in [0.05, 0.1) is 0 Å². The number of hydrogen-bond acceptors (Lipinski definition) is 3. The van der Waals surface area contributed by atoms with E-state index in [4.69, 9.17) is 5.11 Å². The smallest absolute Gasteiger partial charge is 0.303 e. The minimum Gasteiger partial charge on any atom is -0.481 e. The Hall–Kier alpha value is -3.15. The highest BCUT2D eigenvalue weighted by molar-refractivity contribution is 5.96. The van der Waals surface area contributed by atoms with Crippen LogP contribution in [0.15, 0.2) is 54.6 Å². The number of hydrogen-bond donors (Lipinski definition) is 2. The van der Waals surface area contributed by atoms with Gasteiger partial charge in [0, 0.05) is 36.7 Å². The lowest BCUT2D eigenvalue weighted by atomic mass is 10.1. The zero-order valence-corrected chi connectivity index (χ0v) is 15.6. The van der Waals surface area contributed by atoms with Crippen LogP contribution < -0.4 is 5.32 Å². The molecule has 1 saturated carbocycles. The molecule has 0 aromatic heterocycles. The molecular weight excluding hydrogens is 356 g/mol. The summed E-state index contributed by atoms with van der Waals surface area (Å²) in [5.41, 5.74) is 2.17. The Kier molecular flexibility index (Phi) is 6.42. The fraction of sp³-hybridized carbons (Fsp3) is 0.318. The molecule has 0 bridgehead atoms. The van der Waals surface area contributed by atoms with E-state index >= 15 is 0 Å². The van der Waals surface area contributed by atoms with Gasteiger partial charge in [-0.1, -0.05) is 30.3 Å². The standard InChI is InChI=1S/C22H24N2O4/c25-20(26)7-4-14-24(15-16-5-2-1-3-6-16)22(28)18-10-12-19(13-11-18)23-21(27)17-8-9-17/h1-3,5-6,10-13,17H,4,7-9,14-15H2,(H,23,27)(H,25,26). The highest BCUT2D eigenvalue weighted by Crippen LogP contribution is 2.30. The van der Waals surface area contributed by atoms with Crippen molar-refractivity contribution in [3.63, 3.8) is 0 Å². The number of nitrogens with zero attached hydrogens (tertiary/aromatic N) is 1. The van der Waals surface area contributed by atoms with Crippen LogP contribution in [0.4, 0.5) is 5.69 Å². The molecule has 0 heterocycles. The molecule has 2 N–H and O–H groups in total. The molecule has 28 heavy (non-hydrogen) atoms. The molecule has 1 fully saturated rings. The molecule has 146 valence electrons. The molecule has 0 atom stereocenters. The van der Waals surface area contributed by atoms with Crippen LogP contribution in [0.1, 0.15) is 41.6 Å². The zero-order chi connectivity index (χ0) is 19.9. The Bertz CT molecular complexity index is 829. The molecule has 1 aliphatic carbocycles. The molecule has 2 aromatic carbocycles. The van der Waals surface area contributed by atoms with Crippen molar-refractivity contribution in [3.05, 3.63) is 65.7 Å². The normalized spacial score (nSPS) is 13.0. The number of rotatable bonds is 9. The van der Waals surface area contributed by atoms with E-state index in [2.05, 4.69) is 5.32 Å². The lowest BCUT2D eigenvalue weighted by Gasteiger charge is -2.23. The van der Waals surface area contributed by atoms with Crippen LogP contribution in [0.3, 0.4) is 0 Å². The van der Waals surface area contributed by atoms with Gasteiger partial charge >= 0.3 is 5.97 Å². The Morgan fingerprint density at radius 1 is 1.00 bits per heavy atom. The molecule has 6 nitrogen and oxygen atoms in total. The predicted molar refractivity (Wildman–Crippen MR) is 106 cm³/mol. The van der Waals surface area contributed by atoms with Crippen molar-refractivity contribution in [2.45, 2.75) is 32.2 Å². The Morgan fingerprint density at radius 3 is 2.29 bits per heavy atom. The van der Waals surface area contributed by atoms with Crippen LogP contribution in [0, 0.1) is 5.92 Å². The number of aliphatic carboxylic acids is 1. The number of carbonyl (C=O) groups is 3. The third-order valence-electron chi connectivity index (χ3n) is 4.67. The zero-order valence-electron chi connectivity index (χ0n) is 15.6. The summed E-state index contributed by atoms with van der Waals surface area (Å²) in [7, 11) is 0. The third-order valence-corrected chi connectivity index (χ3v) is 4.67. The Balaban J connectivity index is 1.67. The van der Waals surface area contributed by atoms with E-state index in [0.29, 0.717) is 30.8 Å². The van der Waals surface area contributed by atoms with Crippen LogP contribution in [0.5, 0.6) is 0 Å². The van der Waals surface area contributed by atoms with Crippen LogP contribution in [0.2, 0.25) is 0 Å². The average Bonchev–Trinajstić information content (AvgIpc) is 3.53. The van der Waals surface area contributed by atoms with E-state index in [1.54, 1.807) is 29.2 Å². The van der Waals surface area contributed by atoms with Crippen molar-refractivity contribution in [2.75, 3.05) is 11.9 Å². The minimum absolute atomic E-state index is 0.0186. The molecule has 2 aromatic rings. The van der Waals surface area contributed by atoms with Gasteiger partial charge in [-0.15, -0.1) is 0 Å². The summed E-state index contributed by atoms with van der Waals surface area (Å²) >= 11 is 0. The minimum atomic E-state index is -0.872. The highest BCUT2D eigenvalue weighted by Gasteiger charge is 2.29. The van der Waals surface area contributed by atoms with Crippen LogP contribution in [0.25, 0.3) is 0 Å². The van der Waals surface area contributed by atoms with Gasteiger partial charge in [0.15, 0.2) is 0 Å². The fourth-order valence-electron chi connectivity index (χ4n) is 2.95. The van der Waals surface area contributed by atoms with Crippen molar-refractivity contribution in [1.29, 1.82) is 0 Å². The summed E-state index contributed by atoms with van der Waals surface area (Å²) in [6.45, 7) is 0.777. The number of nitrogens with one attached hydrogen (secondary N) is 1. The van der Waals surface area contributed by atoms with Crippen molar-refractivity contribution < 1.29 is 19.5 Å². The van der Waals surface area contributed by atoms with Gasteiger partial charge in [-0.05, 0) is 49.1 Å². The summed E-state index contributed by atoms with van der Waals surface area (Å²) in [5.74, 6) is -0.882. The quantitative estimate of drug-likeness (QED) is 0.697. The predicted octanol–water partition coefficient (Wildman–Crippen LogP) is 3.54. The van der Waals surface area contributed by atoms with Gasteiger partial charge in [-0.2, -0.15) is 0 Å². The maximum Gasteiger partial charge on any atom is 0.303 e. The largest absolute Gasteiger partial charge is 0.481 e. The summed E-state index contributed by atoms with van der Waals surface area (Å²) in [5, 5.41) is 11.7. The first-order valence-corrected chi connectivity index (χ1v) is 9.49. The van der Waals surface area contributed by atoms with E-state index < -0.39 is 5.97 Å². The summed E-state index contributed by atoms with van der Waals surface area (Å²) in [6.07, 6.45) is 2.29.